The molecule has 2 saturated heterocycles. The van der Waals surface area contributed by atoms with E-state index in [0.717, 1.165) is 70.7 Å². The molecular weight excluding hydrogens is 304 g/mol. The van der Waals surface area contributed by atoms with E-state index in [9.17, 15) is 0 Å². The van der Waals surface area contributed by atoms with Crippen molar-refractivity contribution in [3.63, 3.8) is 0 Å². The van der Waals surface area contributed by atoms with E-state index in [4.69, 9.17) is 9.47 Å². The van der Waals surface area contributed by atoms with Crippen LogP contribution >= 0.6 is 0 Å². The Morgan fingerprint density at radius 3 is 2.58 bits per heavy atom. The molecule has 2 N–H and O–H groups in total. The van der Waals surface area contributed by atoms with Crippen LogP contribution < -0.4 is 10.6 Å². The average molecular weight is 341 g/mol. The number of nitrogens with zero attached hydrogens (tertiary/aromatic N) is 2. The summed E-state index contributed by atoms with van der Waals surface area (Å²) in [4.78, 5) is 6.71. The van der Waals surface area contributed by atoms with E-state index in [1.54, 1.807) is 0 Å². The standard InChI is InChI=1S/C18H36N4O2/c1-19-18(21-14-16-4-9-22(2)10-5-16)20-8-3-11-24-15-17-6-12-23-13-7-17/h16-17H,3-15H2,1-2H3,(H2,19,20,21). The number of ether oxygens (including phenoxy) is 2. The molecule has 6 heteroatoms. The molecular formula is C18H36N4O2. The molecule has 0 aromatic carbocycles. The number of nitrogens with one attached hydrogen (secondary N) is 2. The Balaban J connectivity index is 1.46. The first kappa shape index (κ1) is 19.5. The van der Waals surface area contributed by atoms with Crippen LogP contribution in [0.4, 0.5) is 0 Å². The van der Waals surface area contributed by atoms with E-state index in [1.807, 2.05) is 7.05 Å². The smallest absolute Gasteiger partial charge is 0.190 e. The molecule has 2 rings (SSSR count). The lowest BCUT2D eigenvalue weighted by molar-refractivity contribution is 0.0203. The topological polar surface area (TPSA) is 58.1 Å². The van der Waals surface area contributed by atoms with Crippen molar-refractivity contribution < 1.29 is 9.47 Å². The normalized spacial score (nSPS) is 21.8. The van der Waals surface area contributed by atoms with E-state index in [2.05, 4.69) is 27.6 Å². The Labute approximate surface area is 147 Å². The van der Waals surface area contributed by atoms with Crippen molar-refractivity contribution >= 4 is 5.96 Å². The van der Waals surface area contributed by atoms with Gasteiger partial charge in [-0.05, 0) is 64.1 Å². The molecule has 0 aromatic heterocycles. The Hall–Kier alpha value is -0.850. The number of guanidine groups is 1. The molecule has 2 fully saturated rings. The van der Waals surface area contributed by atoms with Crippen molar-refractivity contribution in [2.45, 2.75) is 32.1 Å². The fourth-order valence-corrected chi connectivity index (χ4v) is 3.27. The quantitative estimate of drug-likeness (QED) is 0.397. The number of rotatable bonds is 8. The van der Waals surface area contributed by atoms with Gasteiger partial charge < -0.3 is 25.0 Å². The number of hydrogen-bond acceptors (Lipinski definition) is 4. The van der Waals surface area contributed by atoms with E-state index in [0.29, 0.717) is 5.92 Å². The van der Waals surface area contributed by atoms with Gasteiger partial charge in [0.1, 0.15) is 0 Å². The molecule has 0 bridgehead atoms. The Kier molecular flexibility index (Phi) is 9.46. The van der Waals surface area contributed by atoms with Crippen LogP contribution in [0.1, 0.15) is 32.1 Å². The van der Waals surface area contributed by atoms with E-state index >= 15 is 0 Å². The first-order valence-corrected chi connectivity index (χ1v) is 9.56. The molecule has 0 amide bonds. The number of likely N-dealkylation sites (tertiary alicyclic amines) is 1. The predicted molar refractivity (Wildman–Crippen MR) is 98.6 cm³/mol. The molecule has 0 aliphatic carbocycles. The van der Waals surface area contributed by atoms with Crippen LogP contribution in [0.25, 0.3) is 0 Å². The van der Waals surface area contributed by atoms with Crippen molar-refractivity contribution in [2.75, 3.05) is 66.7 Å². The highest BCUT2D eigenvalue weighted by molar-refractivity contribution is 5.79. The second-order valence-corrected chi connectivity index (χ2v) is 7.11. The highest BCUT2D eigenvalue weighted by Crippen LogP contribution is 2.15. The monoisotopic (exact) mass is 340 g/mol. The summed E-state index contributed by atoms with van der Waals surface area (Å²) in [5.41, 5.74) is 0. The molecule has 0 spiro atoms. The summed E-state index contributed by atoms with van der Waals surface area (Å²) in [7, 11) is 4.04. The van der Waals surface area contributed by atoms with Gasteiger partial charge in [-0.2, -0.15) is 0 Å². The van der Waals surface area contributed by atoms with Gasteiger partial charge in [0.05, 0.1) is 0 Å². The van der Waals surface area contributed by atoms with Crippen molar-refractivity contribution in [1.29, 1.82) is 0 Å². The summed E-state index contributed by atoms with van der Waals surface area (Å²) in [6.45, 7) is 7.84. The largest absolute Gasteiger partial charge is 0.381 e. The van der Waals surface area contributed by atoms with Crippen LogP contribution in [0.5, 0.6) is 0 Å². The third-order valence-corrected chi connectivity index (χ3v) is 5.07. The number of hydrogen-bond donors (Lipinski definition) is 2. The maximum atomic E-state index is 5.79. The van der Waals surface area contributed by atoms with Gasteiger partial charge in [0.2, 0.25) is 0 Å². The van der Waals surface area contributed by atoms with Gasteiger partial charge in [-0.3, -0.25) is 4.99 Å². The lowest BCUT2D eigenvalue weighted by atomic mass is 9.97. The van der Waals surface area contributed by atoms with Gasteiger partial charge in [-0.15, -0.1) is 0 Å². The second-order valence-electron chi connectivity index (χ2n) is 7.11. The molecule has 140 valence electrons. The minimum Gasteiger partial charge on any atom is -0.381 e. The molecule has 2 aliphatic heterocycles. The van der Waals surface area contributed by atoms with Crippen molar-refractivity contribution in [3.05, 3.63) is 0 Å². The van der Waals surface area contributed by atoms with Crippen molar-refractivity contribution in [2.24, 2.45) is 16.8 Å². The summed E-state index contributed by atoms with van der Waals surface area (Å²) in [5.74, 6) is 2.37. The Morgan fingerprint density at radius 1 is 1.12 bits per heavy atom. The van der Waals surface area contributed by atoms with Crippen LogP contribution in [-0.4, -0.2) is 77.6 Å². The molecule has 2 heterocycles. The third-order valence-electron chi connectivity index (χ3n) is 5.07. The average Bonchev–Trinajstić information content (AvgIpc) is 2.63. The summed E-state index contributed by atoms with van der Waals surface area (Å²) in [6.07, 6.45) is 5.86. The Morgan fingerprint density at radius 2 is 1.88 bits per heavy atom. The van der Waals surface area contributed by atoms with Gasteiger partial charge in [0, 0.05) is 46.6 Å². The van der Waals surface area contributed by atoms with Gasteiger partial charge in [0.15, 0.2) is 5.96 Å². The zero-order chi connectivity index (χ0) is 17.0. The Bertz CT molecular complexity index is 351. The molecule has 6 nitrogen and oxygen atoms in total. The lowest BCUT2D eigenvalue weighted by Crippen LogP contribution is -2.42. The fraction of sp³-hybridized carbons (Fsp3) is 0.944. The molecule has 0 aromatic rings. The van der Waals surface area contributed by atoms with Gasteiger partial charge in [-0.1, -0.05) is 0 Å². The summed E-state index contributed by atoms with van der Waals surface area (Å²) >= 11 is 0. The fourth-order valence-electron chi connectivity index (χ4n) is 3.27. The summed E-state index contributed by atoms with van der Waals surface area (Å²) in [6, 6.07) is 0. The van der Waals surface area contributed by atoms with Gasteiger partial charge >= 0.3 is 0 Å². The predicted octanol–water partition coefficient (Wildman–Crippen LogP) is 1.33. The van der Waals surface area contributed by atoms with Crippen LogP contribution in [0.2, 0.25) is 0 Å². The maximum Gasteiger partial charge on any atom is 0.190 e. The molecule has 0 radical (unpaired) electrons. The van der Waals surface area contributed by atoms with Crippen LogP contribution in [-0.2, 0) is 9.47 Å². The molecule has 2 aliphatic rings. The highest BCUT2D eigenvalue weighted by Gasteiger charge is 2.16. The third kappa shape index (κ3) is 7.81. The SMILES string of the molecule is CN=C(NCCCOCC1CCOCC1)NCC1CCN(C)CC1. The van der Waals surface area contributed by atoms with Gasteiger partial charge in [0.25, 0.3) is 0 Å². The van der Waals surface area contributed by atoms with Crippen molar-refractivity contribution in [3.8, 4) is 0 Å². The summed E-state index contributed by atoms with van der Waals surface area (Å²) < 4.78 is 11.2. The number of aliphatic imine (C=N–C) groups is 1. The zero-order valence-corrected chi connectivity index (χ0v) is 15.6. The number of piperidine rings is 1. The molecule has 24 heavy (non-hydrogen) atoms. The first-order chi connectivity index (χ1) is 11.8. The van der Waals surface area contributed by atoms with Gasteiger partial charge in [-0.25, -0.2) is 0 Å². The molecule has 0 atom stereocenters. The lowest BCUT2D eigenvalue weighted by Gasteiger charge is -2.29. The molecule has 0 saturated carbocycles. The minimum atomic E-state index is 0.690. The van der Waals surface area contributed by atoms with E-state index in [-0.39, 0.29) is 0 Å². The summed E-state index contributed by atoms with van der Waals surface area (Å²) in [5, 5.41) is 6.85. The van der Waals surface area contributed by atoms with E-state index < -0.39 is 0 Å². The van der Waals surface area contributed by atoms with Crippen molar-refractivity contribution in [1.82, 2.24) is 15.5 Å². The maximum absolute atomic E-state index is 5.79. The first-order valence-electron chi connectivity index (χ1n) is 9.56. The zero-order valence-electron chi connectivity index (χ0n) is 15.6. The minimum absolute atomic E-state index is 0.690. The highest BCUT2D eigenvalue weighted by atomic mass is 16.5. The van der Waals surface area contributed by atoms with E-state index in [1.165, 1.54) is 25.9 Å². The van der Waals surface area contributed by atoms with Crippen LogP contribution in [0, 0.1) is 11.8 Å². The second kappa shape index (κ2) is 11.7. The van der Waals surface area contributed by atoms with Crippen LogP contribution in [0.3, 0.4) is 0 Å². The van der Waals surface area contributed by atoms with Crippen LogP contribution in [0.15, 0.2) is 4.99 Å². The molecule has 0 unspecified atom stereocenters.